The van der Waals surface area contributed by atoms with Gasteiger partial charge in [-0.15, -0.1) is 0 Å². The van der Waals surface area contributed by atoms with Crippen molar-refractivity contribution in [3.05, 3.63) is 29.6 Å². The van der Waals surface area contributed by atoms with Crippen LogP contribution in [0.15, 0.2) is 18.3 Å². The van der Waals surface area contributed by atoms with Crippen LogP contribution in [0.1, 0.15) is 49.9 Å². The molecule has 2 N–H and O–H groups in total. The van der Waals surface area contributed by atoms with Crippen molar-refractivity contribution in [1.29, 1.82) is 0 Å². The third-order valence-electron chi connectivity index (χ3n) is 6.27. The minimum atomic E-state index is -4.54. The maximum atomic E-state index is 13.2. The lowest BCUT2D eigenvalue weighted by Gasteiger charge is -2.22. The molecule has 4 rings (SSSR count). The molecule has 5 nitrogen and oxygen atoms in total. The van der Waals surface area contributed by atoms with Gasteiger partial charge in [0.1, 0.15) is 5.82 Å². The molecule has 0 aromatic carbocycles. The molecule has 152 valence electrons. The summed E-state index contributed by atoms with van der Waals surface area (Å²) in [6.07, 6.45) is -0.826. The number of anilines is 1. The molecule has 2 aromatic heterocycles. The van der Waals surface area contributed by atoms with Gasteiger partial charge < -0.3 is 10.6 Å². The summed E-state index contributed by atoms with van der Waals surface area (Å²) in [4.78, 5) is 6.04. The van der Waals surface area contributed by atoms with Crippen LogP contribution in [0.5, 0.6) is 0 Å². The number of pyridine rings is 1. The molecule has 2 fully saturated rings. The van der Waals surface area contributed by atoms with Crippen molar-refractivity contribution in [2.75, 3.05) is 19.8 Å². The first-order valence-corrected chi connectivity index (χ1v) is 9.67. The van der Waals surface area contributed by atoms with Crippen LogP contribution in [0.4, 0.5) is 19.0 Å². The average Bonchev–Trinajstić information content (AvgIpc) is 2.99. The molecule has 2 atom stereocenters. The lowest BCUT2D eigenvalue weighted by molar-refractivity contribution is -0.137. The first kappa shape index (κ1) is 19.2. The fraction of sp³-hybridized carbons (Fsp3) is 0.600. The zero-order chi connectivity index (χ0) is 20.4. The summed E-state index contributed by atoms with van der Waals surface area (Å²) in [7, 11) is 4.24. The van der Waals surface area contributed by atoms with Gasteiger partial charge in [-0.2, -0.15) is 18.3 Å². The molecule has 2 aromatic rings. The lowest BCUT2D eigenvalue weighted by atomic mass is 10.0. The van der Waals surface area contributed by atoms with Crippen molar-refractivity contribution >= 4 is 5.82 Å². The number of hydrogen-bond donors (Lipinski definition) is 1. The second-order valence-electron chi connectivity index (χ2n) is 8.59. The number of alkyl halides is 3. The number of halogens is 3. The van der Waals surface area contributed by atoms with E-state index in [0.717, 1.165) is 11.8 Å². The zero-order valence-electron chi connectivity index (χ0n) is 16.5. The second-order valence-corrected chi connectivity index (χ2v) is 8.59. The molecule has 28 heavy (non-hydrogen) atoms. The minimum absolute atomic E-state index is 0.138. The summed E-state index contributed by atoms with van der Waals surface area (Å²) in [5.74, 6) is 1.23. The molecule has 0 aliphatic heterocycles. The SMILES string of the molecule is CC(C)n1nc(-c2cnc(N)c(C(F)(F)F)c2)cc1C1C2CC(N(C)C)CC21. The summed E-state index contributed by atoms with van der Waals surface area (Å²) in [6, 6.07) is 3.76. The van der Waals surface area contributed by atoms with E-state index in [1.165, 1.54) is 19.0 Å². The Morgan fingerprint density at radius 2 is 1.82 bits per heavy atom. The van der Waals surface area contributed by atoms with Crippen molar-refractivity contribution < 1.29 is 13.2 Å². The van der Waals surface area contributed by atoms with E-state index in [4.69, 9.17) is 5.73 Å². The molecule has 0 bridgehead atoms. The van der Waals surface area contributed by atoms with Gasteiger partial charge in [0.05, 0.1) is 11.3 Å². The molecule has 2 aliphatic rings. The van der Waals surface area contributed by atoms with Crippen molar-refractivity contribution in [3.8, 4) is 11.3 Å². The third kappa shape index (κ3) is 3.17. The van der Waals surface area contributed by atoms with Gasteiger partial charge in [0, 0.05) is 35.5 Å². The number of nitrogen functional groups attached to an aromatic ring is 1. The Hall–Kier alpha value is -2.09. The van der Waals surface area contributed by atoms with Gasteiger partial charge in [0.15, 0.2) is 0 Å². The van der Waals surface area contributed by atoms with E-state index < -0.39 is 17.6 Å². The maximum Gasteiger partial charge on any atom is 0.419 e. The molecular formula is C20H26F3N5. The summed E-state index contributed by atoms with van der Waals surface area (Å²) < 4.78 is 41.6. The van der Waals surface area contributed by atoms with Gasteiger partial charge in [-0.25, -0.2) is 4.98 Å². The predicted molar refractivity (Wildman–Crippen MR) is 102 cm³/mol. The lowest BCUT2D eigenvalue weighted by Crippen LogP contribution is -2.26. The molecular weight excluding hydrogens is 367 g/mol. The van der Waals surface area contributed by atoms with Gasteiger partial charge in [0.2, 0.25) is 0 Å². The van der Waals surface area contributed by atoms with Gasteiger partial charge in [0.25, 0.3) is 0 Å². The molecule has 2 aliphatic carbocycles. The number of nitrogens with two attached hydrogens (primary N) is 1. The van der Waals surface area contributed by atoms with Crippen LogP contribution in [-0.2, 0) is 6.18 Å². The van der Waals surface area contributed by atoms with E-state index >= 15 is 0 Å². The van der Waals surface area contributed by atoms with Crippen LogP contribution in [0.3, 0.4) is 0 Å². The van der Waals surface area contributed by atoms with Gasteiger partial charge >= 0.3 is 6.18 Å². The van der Waals surface area contributed by atoms with Crippen LogP contribution >= 0.6 is 0 Å². The number of nitrogens with zero attached hydrogens (tertiary/aromatic N) is 4. The Balaban J connectivity index is 1.66. The van der Waals surface area contributed by atoms with Crippen molar-refractivity contribution in [2.24, 2.45) is 11.8 Å². The molecule has 0 saturated heterocycles. The van der Waals surface area contributed by atoms with Crippen LogP contribution in [0.2, 0.25) is 0 Å². The van der Waals surface area contributed by atoms with Crippen LogP contribution < -0.4 is 5.73 Å². The summed E-state index contributed by atoms with van der Waals surface area (Å²) >= 11 is 0. The number of fused-ring (bicyclic) bond motifs is 1. The largest absolute Gasteiger partial charge is 0.419 e. The fourth-order valence-electron chi connectivity index (χ4n) is 4.73. The van der Waals surface area contributed by atoms with E-state index in [2.05, 4.69) is 29.1 Å². The van der Waals surface area contributed by atoms with Crippen molar-refractivity contribution in [1.82, 2.24) is 19.7 Å². The van der Waals surface area contributed by atoms with Crippen molar-refractivity contribution in [2.45, 2.75) is 50.9 Å². The normalized spacial score (nSPS) is 26.9. The van der Waals surface area contributed by atoms with E-state index in [9.17, 15) is 13.2 Å². The molecule has 0 spiro atoms. The van der Waals surface area contributed by atoms with Crippen LogP contribution in [0.25, 0.3) is 11.3 Å². The Morgan fingerprint density at radius 3 is 2.36 bits per heavy atom. The topological polar surface area (TPSA) is 60.0 Å². The second kappa shape index (κ2) is 6.47. The minimum Gasteiger partial charge on any atom is -0.383 e. The van der Waals surface area contributed by atoms with Crippen LogP contribution in [-0.4, -0.2) is 39.8 Å². The van der Waals surface area contributed by atoms with Crippen molar-refractivity contribution in [3.63, 3.8) is 0 Å². The average molecular weight is 393 g/mol. The Kier molecular flexibility index (Phi) is 4.45. The van der Waals surface area contributed by atoms with E-state index in [-0.39, 0.29) is 6.04 Å². The quantitative estimate of drug-likeness (QED) is 0.847. The van der Waals surface area contributed by atoms with Crippen LogP contribution in [0, 0.1) is 11.8 Å². The monoisotopic (exact) mass is 393 g/mol. The predicted octanol–water partition coefficient (Wildman–Crippen LogP) is 4.18. The smallest absolute Gasteiger partial charge is 0.383 e. The van der Waals surface area contributed by atoms with E-state index in [1.807, 2.05) is 24.6 Å². The molecule has 2 unspecified atom stereocenters. The highest BCUT2D eigenvalue weighted by Crippen LogP contribution is 2.64. The van der Waals surface area contributed by atoms with E-state index in [0.29, 0.717) is 35.1 Å². The fourth-order valence-corrected chi connectivity index (χ4v) is 4.73. The molecule has 0 amide bonds. The molecule has 0 radical (unpaired) electrons. The standard InChI is InChI=1S/C20H26F3N5/c1-10(2)28-17(18-13-6-12(27(3)4)7-14(13)18)8-16(26-28)11-5-15(20(21,22)23)19(24)25-9-11/h5,8-10,12-14,18H,6-7H2,1-4H3,(H2,24,25). The number of aromatic nitrogens is 3. The first-order chi connectivity index (χ1) is 13.1. The van der Waals surface area contributed by atoms with Gasteiger partial charge in [-0.3, -0.25) is 4.68 Å². The molecule has 2 heterocycles. The highest BCUT2D eigenvalue weighted by atomic mass is 19.4. The highest BCUT2D eigenvalue weighted by Gasteiger charge is 2.58. The molecule has 2 saturated carbocycles. The summed E-state index contributed by atoms with van der Waals surface area (Å²) in [5, 5.41) is 4.63. The number of rotatable bonds is 4. The summed E-state index contributed by atoms with van der Waals surface area (Å²) in [5.41, 5.74) is 6.52. The van der Waals surface area contributed by atoms with Gasteiger partial charge in [-0.1, -0.05) is 0 Å². The first-order valence-electron chi connectivity index (χ1n) is 9.67. The van der Waals surface area contributed by atoms with Gasteiger partial charge in [-0.05, 0) is 64.8 Å². The Bertz CT molecular complexity index is 874. The zero-order valence-corrected chi connectivity index (χ0v) is 16.5. The third-order valence-corrected chi connectivity index (χ3v) is 6.27. The van der Waals surface area contributed by atoms with E-state index in [1.54, 1.807) is 0 Å². The maximum absolute atomic E-state index is 13.2. The number of hydrogen-bond acceptors (Lipinski definition) is 4. The summed E-state index contributed by atoms with van der Waals surface area (Å²) in [6.45, 7) is 4.09. The molecule has 8 heteroatoms. The Labute approximate surface area is 162 Å². The Morgan fingerprint density at radius 1 is 1.18 bits per heavy atom. The highest BCUT2D eigenvalue weighted by molar-refractivity contribution is 5.63.